The first-order valence-electron chi connectivity index (χ1n) is 6.71. The molecule has 0 fully saturated rings. The van der Waals surface area contributed by atoms with E-state index in [4.69, 9.17) is 16.3 Å². The monoisotopic (exact) mass is 335 g/mol. The van der Waals surface area contributed by atoms with E-state index in [1.807, 2.05) is 0 Å². The first-order valence-corrected chi connectivity index (χ1v) is 7.09. The largest absolute Gasteiger partial charge is 0.476 e. The molecule has 1 aromatic heterocycles. The van der Waals surface area contributed by atoms with Crippen LogP contribution in [0, 0.1) is 17.0 Å². The molecular weight excluding hydrogens is 322 g/mol. The van der Waals surface area contributed by atoms with Crippen LogP contribution in [-0.4, -0.2) is 22.4 Å². The minimum absolute atomic E-state index is 0.0396. The molecule has 0 bridgehead atoms. The third-order valence-corrected chi connectivity index (χ3v) is 3.17. The molecule has 0 unspecified atom stereocenters. The van der Waals surface area contributed by atoms with Crippen molar-refractivity contribution in [1.82, 2.24) is 10.3 Å². The Morgan fingerprint density at radius 2 is 2.00 bits per heavy atom. The van der Waals surface area contributed by atoms with Gasteiger partial charge in [0.15, 0.2) is 6.61 Å². The Labute approximate surface area is 137 Å². The van der Waals surface area contributed by atoms with E-state index < -0.39 is 16.6 Å². The summed E-state index contributed by atoms with van der Waals surface area (Å²) in [6.07, 6.45) is 0. The number of carbonyl (C=O) groups excluding carboxylic acids is 1. The summed E-state index contributed by atoms with van der Waals surface area (Å²) in [6.45, 7) is 1.61. The first-order chi connectivity index (χ1) is 11.0. The molecule has 0 radical (unpaired) electrons. The van der Waals surface area contributed by atoms with Crippen LogP contribution in [0.1, 0.15) is 11.3 Å². The summed E-state index contributed by atoms with van der Waals surface area (Å²) in [5.41, 5.74) is 1.38. The molecule has 1 heterocycles. The van der Waals surface area contributed by atoms with Crippen molar-refractivity contribution in [3.8, 4) is 5.75 Å². The Morgan fingerprint density at radius 3 is 2.65 bits per heavy atom. The van der Waals surface area contributed by atoms with Crippen LogP contribution in [0.3, 0.4) is 0 Å². The number of benzene rings is 1. The van der Waals surface area contributed by atoms with Crippen LogP contribution in [0.5, 0.6) is 5.75 Å². The number of nitrogens with one attached hydrogen (secondary N) is 1. The zero-order valence-electron chi connectivity index (χ0n) is 12.3. The zero-order valence-corrected chi connectivity index (χ0v) is 13.0. The summed E-state index contributed by atoms with van der Waals surface area (Å²) in [4.78, 5) is 25.8. The van der Waals surface area contributed by atoms with Crippen molar-refractivity contribution >= 4 is 23.3 Å². The molecule has 7 nitrogen and oxygen atoms in total. The summed E-state index contributed by atoms with van der Waals surface area (Å²) >= 11 is 5.78. The van der Waals surface area contributed by atoms with Gasteiger partial charge in [-0.1, -0.05) is 23.7 Å². The Morgan fingerprint density at radius 1 is 1.30 bits per heavy atom. The van der Waals surface area contributed by atoms with Crippen molar-refractivity contribution in [3.63, 3.8) is 0 Å². The van der Waals surface area contributed by atoms with Crippen molar-refractivity contribution < 1.29 is 14.5 Å². The lowest BCUT2D eigenvalue weighted by atomic mass is 10.2. The van der Waals surface area contributed by atoms with Crippen LogP contribution >= 0.6 is 11.6 Å². The summed E-state index contributed by atoms with van der Waals surface area (Å²) in [7, 11) is 0. The Kier molecular flexibility index (Phi) is 5.48. The highest BCUT2D eigenvalue weighted by Gasteiger charge is 2.18. The van der Waals surface area contributed by atoms with Crippen molar-refractivity contribution in [1.29, 1.82) is 0 Å². The van der Waals surface area contributed by atoms with Crippen LogP contribution in [0.15, 0.2) is 36.4 Å². The van der Waals surface area contributed by atoms with Gasteiger partial charge in [-0.25, -0.2) is 0 Å². The van der Waals surface area contributed by atoms with Gasteiger partial charge < -0.3 is 20.2 Å². The van der Waals surface area contributed by atoms with Crippen LogP contribution < -0.4 is 10.1 Å². The first kappa shape index (κ1) is 16.7. The van der Waals surface area contributed by atoms with Gasteiger partial charge in [-0.3, -0.25) is 4.79 Å². The van der Waals surface area contributed by atoms with E-state index in [0.29, 0.717) is 17.3 Å². The highest BCUT2D eigenvalue weighted by molar-refractivity contribution is 6.30. The Balaban J connectivity index is 1.89. The third-order valence-electron chi connectivity index (χ3n) is 2.91. The van der Waals surface area contributed by atoms with Crippen LogP contribution in [-0.2, 0) is 11.3 Å². The van der Waals surface area contributed by atoms with E-state index in [1.165, 1.54) is 6.07 Å². The lowest BCUT2D eigenvalue weighted by molar-refractivity contribution is -0.390. The van der Waals surface area contributed by atoms with Crippen molar-refractivity contribution in [2.45, 2.75) is 13.5 Å². The predicted octanol–water partition coefficient (Wildman–Crippen LogP) is 2.65. The molecule has 2 aromatic rings. The second-order valence-electron chi connectivity index (χ2n) is 4.72. The second kappa shape index (κ2) is 7.55. The molecule has 0 aliphatic heterocycles. The second-order valence-corrected chi connectivity index (χ2v) is 5.16. The summed E-state index contributed by atoms with van der Waals surface area (Å²) in [5, 5.41) is 14.2. The molecule has 2 rings (SSSR count). The quantitative estimate of drug-likeness (QED) is 0.647. The fourth-order valence-electron chi connectivity index (χ4n) is 1.77. The lowest BCUT2D eigenvalue weighted by Crippen LogP contribution is -2.28. The maximum absolute atomic E-state index is 11.8. The van der Waals surface area contributed by atoms with Gasteiger partial charge in [0.05, 0.1) is 0 Å². The number of halogens is 1. The number of rotatable bonds is 6. The van der Waals surface area contributed by atoms with Crippen LogP contribution in [0.2, 0.25) is 5.02 Å². The van der Waals surface area contributed by atoms with Crippen molar-refractivity contribution in [2.75, 3.05) is 6.61 Å². The molecule has 0 aliphatic carbocycles. The summed E-state index contributed by atoms with van der Waals surface area (Å²) < 4.78 is 5.19. The van der Waals surface area contributed by atoms with Crippen molar-refractivity contribution in [2.24, 2.45) is 0 Å². The highest BCUT2D eigenvalue weighted by Crippen LogP contribution is 2.24. The molecule has 1 aromatic carbocycles. The minimum atomic E-state index is -0.645. The molecular formula is C15H14ClN3O4. The summed E-state index contributed by atoms with van der Waals surface area (Å²) in [6, 6.07) is 10.0. The zero-order chi connectivity index (χ0) is 16.8. The van der Waals surface area contributed by atoms with E-state index in [-0.39, 0.29) is 12.4 Å². The number of nitro groups is 1. The fraction of sp³-hybridized carbons (Fsp3) is 0.200. The molecule has 0 aliphatic rings. The fourth-order valence-corrected chi connectivity index (χ4v) is 1.90. The Bertz CT molecular complexity index is 719. The predicted molar refractivity (Wildman–Crippen MR) is 84.4 cm³/mol. The summed E-state index contributed by atoms with van der Waals surface area (Å²) in [5.74, 6) is -0.840. The number of aryl methyl sites for hydroxylation is 1. The SMILES string of the molecule is Cc1ccc(OCC(=O)NCc2ccc(Cl)cc2)c([N+](=O)[O-])n1. The van der Waals surface area contributed by atoms with Crippen LogP contribution in [0.4, 0.5) is 5.82 Å². The smallest absolute Gasteiger partial charge is 0.406 e. The number of ether oxygens (including phenoxy) is 1. The minimum Gasteiger partial charge on any atom is -0.476 e. The van der Waals surface area contributed by atoms with E-state index in [2.05, 4.69) is 10.3 Å². The maximum atomic E-state index is 11.8. The molecule has 0 saturated carbocycles. The number of aromatic nitrogens is 1. The molecule has 1 N–H and O–H groups in total. The van der Waals surface area contributed by atoms with E-state index >= 15 is 0 Å². The van der Waals surface area contributed by atoms with E-state index in [9.17, 15) is 14.9 Å². The van der Waals surface area contributed by atoms with E-state index in [1.54, 1.807) is 37.3 Å². The van der Waals surface area contributed by atoms with Gasteiger partial charge in [0.1, 0.15) is 5.69 Å². The normalized spacial score (nSPS) is 10.2. The standard InChI is InChI=1S/C15H14ClN3O4/c1-10-2-7-13(15(18-10)19(21)22)23-9-14(20)17-8-11-3-5-12(16)6-4-11/h2-7H,8-9H2,1H3,(H,17,20). The Hall–Kier alpha value is -2.67. The lowest BCUT2D eigenvalue weighted by Gasteiger charge is -2.08. The third kappa shape index (κ3) is 4.93. The van der Waals surface area contributed by atoms with Crippen molar-refractivity contribution in [3.05, 3.63) is 62.8 Å². The molecule has 1 amide bonds. The highest BCUT2D eigenvalue weighted by atomic mass is 35.5. The number of nitrogens with zero attached hydrogens (tertiary/aromatic N) is 2. The van der Waals surface area contributed by atoms with Gasteiger partial charge in [-0.2, -0.15) is 0 Å². The molecule has 120 valence electrons. The number of amides is 1. The van der Waals surface area contributed by atoms with E-state index in [0.717, 1.165) is 5.56 Å². The molecule has 8 heteroatoms. The molecule has 23 heavy (non-hydrogen) atoms. The van der Waals surface area contributed by atoms with Gasteiger partial charge in [0.2, 0.25) is 5.75 Å². The number of hydrogen-bond donors (Lipinski definition) is 1. The molecule has 0 saturated heterocycles. The average molecular weight is 336 g/mol. The molecule has 0 spiro atoms. The van der Waals surface area contributed by atoms with Gasteiger partial charge in [-0.15, -0.1) is 0 Å². The average Bonchev–Trinajstić information content (AvgIpc) is 2.53. The van der Waals surface area contributed by atoms with Gasteiger partial charge >= 0.3 is 5.82 Å². The number of hydrogen-bond acceptors (Lipinski definition) is 5. The van der Waals surface area contributed by atoms with Crippen LogP contribution in [0.25, 0.3) is 0 Å². The number of pyridine rings is 1. The molecule has 0 atom stereocenters. The van der Waals surface area contributed by atoms with Gasteiger partial charge in [0.25, 0.3) is 5.91 Å². The maximum Gasteiger partial charge on any atom is 0.406 e. The topological polar surface area (TPSA) is 94.4 Å². The van der Waals surface area contributed by atoms with Gasteiger partial charge in [-0.05, 0) is 39.7 Å². The number of carbonyl (C=O) groups is 1. The van der Waals surface area contributed by atoms with Gasteiger partial charge in [0, 0.05) is 18.5 Å².